The highest BCUT2D eigenvalue weighted by atomic mass is 14.0. The Labute approximate surface area is 80.2 Å². The van der Waals surface area contributed by atoms with Crippen molar-refractivity contribution in [3.05, 3.63) is 0 Å². The maximum absolute atomic E-state index is 7.35. The van der Waals surface area contributed by atoms with Gasteiger partial charge in [-0.2, -0.15) is 0 Å². The lowest BCUT2D eigenvalue weighted by atomic mass is 10.1. The van der Waals surface area contributed by atoms with Gasteiger partial charge in [-0.25, -0.2) is 0 Å². The Balaban J connectivity index is 2.84. The highest BCUT2D eigenvalue weighted by Crippen LogP contribution is 2.09. The van der Waals surface area contributed by atoms with Gasteiger partial charge in [-0.1, -0.05) is 78.0 Å². The first-order valence-corrected chi connectivity index (χ1v) is 5.69. The lowest BCUT2D eigenvalue weighted by molar-refractivity contribution is 0.562. The van der Waals surface area contributed by atoms with E-state index < -0.39 is 0 Å². The maximum atomic E-state index is 7.35. The molecule has 0 spiro atoms. The molecular weight excluding hydrogens is 144 g/mol. The normalized spacial score (nSPS) is 14.3. The molecule has 0 aromatic carbocycles. The monoisotopic (exact) mass is 171 g/mol. The molecule has 0 nitrogen and oxygen atoms in total. The lowest BCUT2D eigenvalue weighted by Crippen LogP contribution is -1.80. The summed E-state index contributed by atoms with van der Waals surface area (Å²) in [5, 5.41) is 0. The van der Waals surface area contributed by atoms with E-state index in [-0.39, 0.29) is 6.40 Å². The zero-order valence-electron chi connectivity index (χ0n) is 9.94. The molecule has 0 aromatic heterocycles. The molecule has 0 aliphatic rings. The van der Waals surface area contributed by atoms with Gasteiger partial charge in [-0.15, -0.1) is 0 Å². The van der Waals surface area contributed by atoms with Crippen LogP contribution in [0, 0.1) is 0 Å². The first-order valence-electron chi connectivity index (χ1n) is 6.27. The van der Waals surface area contributed by atoms with Crippen LogP contribution in [0.4, 0.5) is 0 Å². The van der Waals surface area contributed by atoms with Crippen molar-refractivity contribution < 1.29 is 1.37 Å². The van der Waals surface area contributed by atoms with E-state index in [1.165, 1.54) is 51.4 Å². The largest absolute Gasteiger partial charge is 0.0654 e. The topological polar surface area (TPSA) is 0 Å². The van der Waals surface area contributed by atoms with E-state index >= 15 is 0 Å². The molecule has 0 heteroatoms. The number of rotatable bonds is 9. The van der Waals surface area contributed by atoms with Crippen molar-refractivity contribution in [2.75, 3.05) is 0 Å². The third-order valence-corrected chi connectivity index (χ3v) is 2.35. The summed E-state index contributed by atoms with van der Waals surface area (Å²) in [5.74, 6) is 0. The van der Waals surface area contributed by atoms with Crippen LogP contribution in [-0.2, 0) is 0 Å². The van der Waals surface area contributed by atoms with Crippen molar-refractivity contribution >= 4 is 0 Å². The second kappa shape index (κ2) is 11.0. The van der Waals surface area contributed by atoms with E-state index in [4.69, 9.17) is 1.37 Å². The van der Waals surface area contributed by atoms with Crippen LogP contribution in [0.3, 0.4) is 0 Å². The summed E-state index contributed by atoms with van der Waals surface area (Å²) in [6.45, 7) is 4.25. The average Bonchev–Trinajstić information content (AvgIpc) is 2.09. The standard InChI is InChI=1S/C12H26/c1-3-5-7-9-11-12-10-8-6-4-2/h3-12H2,1-2H3/i3D. The van der Waals surface area contributed by atoms with Gasteiger partial charge < -0.3 is 0 Å². The van der Waals surface area contributed by atoms with E-state index in [2.05, 4.69) is 6.92 Å². The van der Waals surface area contributed by atoms with Crippen molar-refractivity contribution in [3.63, 3.8) is 0 Å². The van der Waals surface area contributed by atoms with Gasteiger partial charge in [0.1, 0.15) is 0 Å². The lowest BCUT2D eigenvalue weighted by Gasteiger charge is -1.99. The fraction of sp³-hybridized carbons (Fsp3) is 1.00. The van der Waals surface area contributed by atoms with E-state index in [1.54, 1.807) is 0 Å². The molecule has 0 radical (unpaired) electrons. The molecule has 74 valence electrons. The van der Waals surface area contributed by atoms with Gasteiger partial charge in [0.25, 0.3) is 0 Å². The smallest absolute Gasteiger partial charge is 0.0264 e. The highest BCUT2D eigenvalue weighted by Gasteiger charge is 1.90. The molecule has 1 atom stereocenters. The molecular formula is C12H26. The summed E-state index contributed by atoms with van der Waals surface area (Å²) in [6, 6.07) is 0. The molecule has 0 rings (SSSR count). The van der Waals surface area contributed by atoms with Crippen LogP contribution >= 0.6 is 0 Å². The van der Waals surface area contributed by atoms with Crippen molar-refractivity contribution in [1.82, 2.24) is 0 Å². The summed E-state index contributed by atoms with van der Waals surface area (Å²) in [4.78, 5) is 0. The fourth-order valence-electron chi connectivity index (χ4n) is 1.48. The summed E-state index contributed by atoms with van der Waals surface area (Å²) in [5.41, 5.74) is 0. The van der Waals surface area contributed by atoms with Gasteiger partial charge in [0.2, 0.25) is 0 Å². The second-order valence-electron chi connectivity index (χ2n) is 3.67. The van der Waals surface area contributed by atoms with Crippen LogP contribution in [0.5, 0.6) is 0 Å². The van der Waals surface area contributed by atoms with Gasteiger partial charge in [0.05, 0.1) is 0 Å². The summed E-state index contributed by atoms with van der Waals surface area (Å²) < 4.78 is 7.35. The third kappa shape index (κ3) is 10.0. The number of hydrogen-bond acceptors (Lipinski definition) is 0. The second-order valence-corrected chi connectivity index (χ2v) is 3.67. The average molecular weight is 171 g/mol. The molecule has 0 bridgehead atoms. The van der Waals surface area contributed by atoms with Crippen LogP contribution in [-0.4, -0.2) is 0 Å². The summed E-state index contributed by atoms with van der Waals surface area (Å²) >= 11 is 0. The SMILES string of the molecule is [2H]C(C)CCCCCCCCCC. The maximum Gasteiger partial charge on any atom is 0.0264 e. The van der Waals surface area contributed by atoms with Crippen LogP contribution in [0.25, 0.3) is 0 Å². The Morgan fingerprint density at radius 1 is 0.667 bits per heavy atom. The molecule has 0 saturated heterocycles. The molecule has 0 aliphatic carbocycles. The van der Waals surface area contributed by atoms with Crippen molar-refractivity contribution in [1.29, 1.82) is 0 Å². The zero-order valence-corrected chi connectivity index (χ0v) is 8.94. The predicted molar refractivity (Wildman–Crippen MR) is 57.5 cm³/mol. The van der Waals surface area contributed by atoms with Crippen LogP contribution < -0.4 is 0 Å². The van der Waals surface area contributed by atoms with Gasteiger partial charge in [-0.05, 0) is 0 Å². The molecule has 0 aliphatic heterocycles. The Hall–Kier alpha value is 0. The quantitative estimate of drug-likeness (QED) is 0.432. The van der Waals surface area contributed by atoms with Crippen molar-refractivity contribution in [2.45, 2.75) is 78.0 Å². The Bertz CT molecular complexity index is 89.1. The Morgan fingerprint density at radius 3 is 1.50 bits per heavy atom. The van der Waals surface area contributed by atoms with E-state index in [1.807, 2.05) is 6.92 Å². The minimum absolute atomic E-state index is 0.153. The minimum atomic E-state index is 0.153. The van der Waals surface area contributed by atoms with Crippen molar-refractivity contribution in [2.24, 2.45) is 0 Å². The summed E-state index contributed by atoms with van der Waals surface area (Å²) in [6.07, 6.45) is 12.2. The van der Waals surface area contributed by atoms with Crippen LogP contribution in [0.15, 0.2) is 0 Å². The first kappa shape index (κ1) is 10.1. The molecule has 0 fully saturated rings. The molecule has 0 amide bonds. The van der Waals surface area contributed by atoms with E-state index in [0.717, 1.165) is 6.42 Å². The van der Waals surface area contributed by atoms with Crippen molar-refractivity contribution in [3.8, 4) is 0 Å². The highest BCUT2D eigenvalue weighted by molar-refractivity contribution is 4.45. The Kier molecular flexibility index (Phi) is 9.24. The van der Waals surface area contributed by atoms with Gasteiger partial charge in [0, 0.05) is 1.37 Å². The van der Waals surface area contributed by atoms with E-state index in [9.17, 15) is 0 Å². The summed E-state index contributed by atoms with van der Waals surface area (Å²) in [7, 11) is 0. The molecule has 0 saturated carbocycles. The molecule has 1 unspecified atom stereocenters. The zero-order chi connectivity index (χ0) is 9.94. The van der Waals surface area contributed by atoms with Gasteiger partial charge in [0.15, 0.2) is 0 Å². The van der Waals surface area contributed by atoms with Crippen LogP contribution in [0.1, 0.15) is 79.4 Å². The molecule has 0 N–H and O–H groups in total. The minimum Gasteiger partial charge on any atom is -0.0654 e. The predicted octanol–water partition coefficient (Wildman–Crippen LogP) is 4.93. The number of unbranched alkanes of at least 4 members (excludes halogenated alkanes) is 7. The van der Waals surface area contributed by atoms with Crippen LogP contribution in [0.2, 0.25) is 0 Å². The number of hydrogen-bond donors (Lipinski definition) is 0. The molecule has 12 heavy (non-hydrogen) atoms. The first-order chi connectivity index (χ1) is 6.27. The Morgan fingerprint density at radius 2 is 1.08 bits per heavy atom. The molecule has 0 heterocycles. The third-order valence-electron chi connectivity index (χ3n) is 2.35. The van der Waals surface area contributed by atoms with E-state index in [0.29, 0.717) is 0 Å². The molecule has 0 aromatic rings. The fourth-order valence-corrected chi connectivity index (χ4v) is 1.48. The van der Waals surface area contributed by atoms with Gasteiger partial charge >= 0.3 is 0 Å². The van der Waals surface area contributed by atoms with Gasteiger partial charge in [-0.3, -0.25) is 0 Å².